The summed E-state index contributed by atoms with van der Waals surface area (Å²) < 4.78 is 32.4. The minimum absolute atomic E-state index is 0.0626. The van der Waals surface area contributed by atoms with Crippen LogP contribution in [0.15, 0.2) is 77.7 Å². The lowest BCUT2D eigenvalue weighted by Crippen LogP contribution is -2.27. The number of hydrogen-bond donors (Lipinski definition) is 1. The van der Waals surface area contributed by atoms with Crippen molar-refractivity contribution >= 4 is 21.6 Å². The zero-order valence-electron chi connectivity index (χ0n) is 17.8. The second-order valence-corrected chi connectivity index (χ2v) is 9.11. The summed E-state index contributed by atoms with van der Waals surface area (Å²) in [6, 6.07) is 20.9. The molecule has 0 radical (unpaired) electrons. The fourth-order valence-electron chi connectivity index (χ4n) is 3.29. The van der Waals surface area contributed by atoms with Crippen molar-refractivity contribution in [1.29, 1.82) is 0 Å². The first kappa shape index (κ1) is 22.5. The summed E-state index contributed by atoms with van der Waals surface area (Å²) in [5, 5.41) is 2.94. The summed E-state index contributed by atoms with van der Waals surface area (Å²) >= 11 is 0. The first-order valence-corrected chi connectivity index (χ1v) is 11.4. The number of ether oxygens (including phenoxy) is 1. The molecule has 0 atom stereocenters. The molecule has 0 aliphatic carbocycles. The maximum Gasteiger partial charge on any atom is 0.255 e. The number of carbonyl (C=O) groups excluding carboxylic acids is 1. The predicted molar refractivity (Wildman–Crippen MR) is 122 cm³/mol. The molecule has 0 unspecified atom stereocenters. The van der Waals surface area contributed by atoms with Crippen LogP contribution in [-0.4, -0.2) is 32.8 Å². The van der Waals surface area contributed by atoms with Crippen LogP contribution < -0.4 is 10.1 Å². The van der Waals surface area contributed by atoms with Gasteiger partial charge >= 0.3 is 0 Å². The highest BCUT2D eigenvalue weighted by Crippen LogP contribution is 2.25. The Hall–Kier alpha value is -3.16. The first-order chi connectivity index (χ1) is 14.9. The molecule has 0 saturated heterocycles. The van der Waals surface area contributed by atoms with Crippen LogP contribution in [0.1, 0.15) is 28.4 Å². The van der Waals surface area contributed by atoms with Crippen molar-refractivity contribution in [2.45, 2.75) is 24.8 Å². The summed E-state index contributed by atoms with van der Waals surface area (Å²) in [7, 11) is -0.654. The maximum absolute atomic E-state index is 12.9. The molecule has 31 heavy (non-hydrogen) atoms. The molecule has 0 heterocycles. The Morgan fingerprint density at radius 1 is 0.968 bits per heavy atom. The van der Waals surface area contributed by atoms with E-state index in [9.17, 15) is 13.2 Å². The topological polar surface area (TPSA) is 75.7 Å². The van der Waals surface area contributed by atoms with Crippen molar-refractivity contribution in [3.05, 3.63) is 89.5 Å². The van der Waals surface area contributed by atoms with Gasteiger partial charge < -0.3 is 10.1 Å². The van der Waals surface area contributed by atoms with Gasteiger partial charge in [0.2, 0.25) is 10.0 Å². The van der Waals surface area contributed by atoms with E-state index in [1.807, 2.05) is 31.2 Å². The average Bonchev–Trinajstić information content (AvgIpc) is 2.79. The van der Waals surface area contributed by atoms with Crippen molar-refractivity contribution in [2.75, 3.05) is 19.5 Å². The Labute approximate surface area is 183 Å². The molecule has 3 rings (SSSR count). The van der Waals surface area contributed by atoms with Gasteiger partial charge in [0, 0.05) is 30.4 Å². The van der Waals surface area contributed by atoms with Crippen molar-refractivity contribution in [3.8, 4) is 5.75 Å². The number of sulfonamides is 1. The Balaban J connectivity index is 1.86. The number of hydrogen-bond acceptors (Lipinski definition) is 4. The molecule has 0 saturated carbocycles. The van der Waals surface area contributed by atoms with Crippen LogP contribution in [0, 0.1) is 0 Å². The Kier molecular flexibility index (Phi) is 7.09. The lowest BCUT2D eigenvalue weighted by molar-refractivity contribution is 0.102. The molecule has 162 valence electrons. The van der Waals surface area contributed by atoms with Gasteiger partial charge in [-0.05, 0) is 48.4 Å². The van der Waals surface area contributed by atoms with Crippen LogP contribution in [0.25, 0.3) is 0 Å². The zero-order valence-corrected chi connectivity index (χ0v) is 18.6. The number of methoxy groups -OCH3 is 1. The number of aryl methyl sites for hydroxylation is 1. The average molecular weight is 439 g/mol. The van der Waals surface area contributed by atoms with Crippen molar-refractivity contribution in [1.82, 2.24) is 4.31 Å². The Bertz CT molecular complexity index is 1160. The summed E-state index contributed by atoms with van der Waals surface area (Å²) in [4.78, 5) is 13.1. The third kappa shape index (κ3) is 5.13. The number of nitrogens with one attached hydrogen (secondary N) is 1. The molecule has 0 bridgehead atoms. The van der Waals surface area contributed by atoms with Gasteiger partial charge in [-0.1, -0.05) is 43.3 Å². The number of benzene rings is 3. The van der Waals surface area contributed by atoms with Gasteiger partial charge in [-0.2, -0.15) is 4.31 Å². The Morgan fingerprint density at radius 3 is 2.32 bits per heavy atom. The molecule has 3 aromatic rings. The van der Waals surface area contributed by atoms with Crippen LogP contribution in [-0.2, 0) is 23.0 Å². The molecule has 0 aliphatic heterocycles. The molecular weight excluding hydrogens is 412 g/mol. The standard InChI is InChI=1S/C24H26N2O4S/c1-4-18-10-8-9-13-22(18)25-24(27)19-14-15-23(30-3)20(16-19)17-26(2)31(28,29)21-11-6-5-7-12-21/h5-16H,4,17H2,1-3H3,(H,25,27). The van der Waals surface area contributed by atoms with E-state index in [1.165, 1.54) is 18.5 Å². The summed E-state index contributed by atoms with van der Waals surface area (Å²) in [6.45, 7) is 2.09. The molecular formula is C24H26N2O4S. The second kappa shape index (κ2) is 9.76. The van der Waals surface area contributed by atoms with E-state index in [0.29, 0.717) is 16.9 Å². The highest BCUT2D eigenvalue weighted by molar-refractivity contribution is 7.89. The van der Waals surface area contributed by atoms with E-state index in [2.05, 4.69) is 5.32 Å². The van der Waals surface area contributed by atoms with E-state index in [-0.39, 0.29) is 17.3 Å². The van der Waals surface area contributed by atoms with Crippen molar-refractivity contribution in [2.24, 2.45) is 0 Å². The SMILES string of the molecule is CCc1ccccc1NC(=O)c1ccc(OC)c(CN(C)S(=O)(=O)c2ccccc2)c1. The van der Waals surface area contributed by atoms with Crippen LogP contribution >= 0.6 is 0 Å². The fourth-order valence-corrected chi connectivity index (χ4v) is 4.46. The fraction of sp³-hybridized carbons (Fsp3) is 0.208. The van der Waals surface area contributed by atoms with Crippen LogP contribution in [0.3, 0.4) is 0 Å². The third-order valence-electron chi connectivity index (χ3n) is 5.03. The molecule has 1 amide bonds. The van der Waals surface area contributed by atoms with Crippen molar-refractivity contribution in [3.63, 3.8) is 0 Å². The molecule has 0 aliphatic rings. The van der Waals surface area contributed by atoms with E-state index < -0.39 is 10.0 Å². The third-order valence-corrected chi connectivity index (χ3v) is 6.85. The van der Waals surface area contributed by atoms with Gasteiger partial charge in [0.25, 0.3) is 5.91 Å². The highest BCUT2D eigenvalue weighted by atomic mass is 32.2. The summed E-state index contributed by atoms with van der Waals surface area (Å²) in [6.07, 6.45) is 0.798. The van der Waals surface area contributed by atoms with E-state index in [0.717, 1.165) is 17.7 Å². The zero-order chi connectivity index (χ0) is 22.4. The number of amides is 1. The largest absolute Gasteiger partial charge is 0.496 e. The van der Waals surface area contributed by atoms with Gasteiger partial charge in [0.15, 0.2) is 0 Å². The minimum Gasteiger partial charge on any atom is -0.496 e. The van der Waals surface area contributed by atoms with Gasteiger partial charge in [-0.3, -0.25) is 4.79 Å². The van der Waals surface area contributed by atoms with E-state index in [4.69, 9.17) is 4.74 Å². The molecule has 0 aromatic heterocycles. The number of para-hydroxylation sites is 1. The number of rotatable bonds is 8. The normalized spacial score (nSPS) is 11.4. The number of anilines is 1. The van der Waals surface area contributed by atoms with Gasteiger partial charge in [0.1, 0.15) is 5.75 Å². The summed E-state index contributed by atoms with van der Waals surface area (Å²) in [5.74, 6) is 0.249. The maximum atomic E-state index is 12.9. The van der Waals surface area contributed by atoms with E-state index in [1.54, 1.807) is 48.5 Å². The van der Waals surface area contributed by atoms with Crippen molar-refractivity contribution < 1.29 is 17.9 Å². The van der Waals surface area contributed by atoms with Gasteiger partial charge in [0.05, 0.1) is 12.0 Å². The van der Waals surface area contributed by atoms with Crippen LogP contribution in [0.5, 0.6) is 5.75 Å². The predicted octanol–water partition coefficient (Wildman–Crippen LogP) is 4.33. The molecule has 6 nitrogen and oxygen atoms in total. The minimum atomic E-state index is -3.68. The number of carbonyl (C=O) groups is 1. The number of nitrogens with zero attached hydrogens (tertiary/aromatic N) is 1. The lowest BCUT2D eigenvalue weighted by atomic mass is 10.1. The van der Waals surface area contributed by atoms with Crippen LogP contribution in [0.4, 0.5) is 5.69 Å². The monoisotopic (exact) mass is 438 g/mol. The lowest BCUT2D eigenvalue weighted by Gasteiger charge is -2.19. The smallest absolute Gasteiger partial charge is 0.255 e. The molecule has 0 spiro atoms. The van der Waals surface area contributed by atoms with Gasteiger partial charge in [-0.25, -0.2) is 8.42 Å². The molecule has 1 N–H and O–H groups in total. The second-order valence-electron chi connectivity index (χ2n) is 7.07. The van der Waals surface area contributed by atoms with E-state index >= 15 is 0 Å². The Morgan fingerprint density at radius 2 is 1.65 bits per heavy atom. The van der Waals surface area contributed by atoms with Gasteiger partial charge in [-0.15, -0.1) is 0 Å². The summed E-state index contributed by atoms with van der Waals surface area (Å²) in [5.41, 5.74) is 2.82. The van der Waals surface area contributed by atoms with Crippen LogP contribution in [0.2, 0.25) is 0 Å². The molecule has 0 fully saturated rings. The molecule has 7 heteroatoms. The quantitative estimate of drug-likeness (QED) is 0.568. The first-order valence-electron chi connectivity index (χ1n) is 9.94. The molecule has 3 aromatic carbocycles. The highest BCUT2D eigenvalue weighted by Gasteiger charge is 2.22.